The van der Waals surface area contributed by atoms with E-state index in [1.165, 1.54) is 5.56 Å². The van der Waals surface area contributed by atoms with Crippen LogP contribution in [0, 0.1) is 13.8 Å². The van der Waals surface area contributed by atoms with Crippen molar-refractivity contribution in [3.05, 3.63) is 53.3 Å². The molecule has 2 N–H and O–H groups in total. The highest BCUT2D eigenvalue weighted by atomic mass is 15.1. The van der Waals surface area contributed by atoms with E-state index < -0.39 is 0 Å². The fourth-order valence-corrected chi connectivity index (χ4v) is 2.29. The molecule has 0 aliphatic carbocycles. The van der Waals surface area contributed by atoms with Crippen molar-refractivity contribution in [2.75, 3.05) is 25.0 Å². The molecule has 1 atom stereocenters. The minimum atomic E-state index is 0.517. The van der Waals surface area contributed by atoms with Gasteiger partial charge in [0.25, 0.3) is 0 Å². The Balaban J connectivity index is 1.68. The number of anilines is 1. The van der Waals surface area contributed by atoms with Crippen LogP contribution in [0.15, 0.2) is 36.4 Å². The topological polar surface area (TPSA) is 49.8 Å². The van der Waals surface area contributed by atoms with Gasteiger partial charge in [-0.2, -0.15) is 0 Å². The summed E-state index contributed by atoms with van der Waals surface area (Å²) in [6.07, 6.45) is 0. The number of benzene rings is 1. The van der Waals surface area contributed by atoms with Crippen LogP contribution in [0.3, 0.4) is 0 Å². The van der Waals surface area contributed by atoms with Crippen LogP contribution in [-0.4, -0.2) is 29.6 Å². The molecule has 112 valence electrons. The standard InChI is InChI=1S/C17H24N4/c1-13(16-7-5-4-6-8-16)12-18-9-10-19-17-20-14(2)11-15(3)21-17/h4-8,11,13,18H,9-10,12H2,1-3H3,(H,19,20,21)/t13-/m1/s1. The van der Waals surface area contributed by atoms with Crippen LogP contribution in [0.2, 0.25) is 0 Å². The Morgan fingerprint density at radius 2 is 1.67 bits per heavy atom. The average molecular weight is 284 g/mol. The molecule has 2 rings (SSSR count). The van der Waals surface area contributed by atoms with Gasteiger partial charge in [-0.15, -0.1) is 0 Å². The van der Waals surface area contributed by atoms with E-state index in [9.17, 15) is 0 Å². The first-order valence-corrected chi connectivity index (χ1v) is 7.47. The van der Waals surface area contributed by atoms with Crippen LogP contribution in [0.4, 0.5) is 5.95 Å². The predicted molar refractivity (Wildman–Crippen MR) is 87.7 cm³/mol. The monoisotopic (exact) mass is 284 g/mol. The predicted octanol–water partition coefficient (Wildman–Crippen LogP) is 2.90. The maximum absolute atomic E-state index is 4.36. The molecule has 1 heterocycles. The molecule has 21 heavy (non-hydrogen) atoms. The van der Waals surface area contributed by atoms with Crippen molar-refractivity contribution in [2.24, 2.45) is 0 Å². The molecule has 0 amide bonds. The summed E-state index contributed by atoms with van der Waals surface area (Å²) in [7, 11) is 0. The lowest BCUT2D eigenvalue weighted by Gasteiger charge is -2.13. The normalized spacial score (nSPS) is 12.1. The third-order valence-corrected chi connectivity index (χ3v) is 3.39. The number of aromatic nitrogens is 2. The molecule has 2 aromatic rings. The van der Waals surface area contributed by atoms with Gasteiger partial charge in [0.15, 0.2) is 0 Å². The summed E-state index contributed by atoms with van der Waals surface area (Å²) in [5.74, 6) is 1.23. The first kappa shape index (κ1) is 15.4. The summed E-state index contributed by atoms with van der Waals surface area (Å²) in [5.41, 5.74) is 3.36. The van der Waals surface area contributed by atoms with Crippen LogP contribution in [0.1, 0.15) is 29.8 Å². The average Bonchev–Trinajstić information content (AvgIpc) is 2.46. The minimum Gasteiger partial charge on any atom is -0.353 e. The highest BCUT2D eigenvalue weighted by Gasteiger charge is 2.03. The van der Waals surface area contributed by atoms with Gasteiger partial charge in [0.1, 0.15) is 0 Å². The summed E-state index contributed by atoms with van der Waals surface area (Å²) in [6, 6.07) is 12.6. The van der Waals surface area contributed by atoms with Gasteiger partial charge in [-0.3, -0.25) is 0 Å². The van der Waals surface area contributed by atoms with Crippen molar-refractivity contribution in [1.29, 1.82) is 0 Å². The molecule has 0 bridgehead atoms. The van der Waals surface area contributed by atoms with Gasteiger partial charge >= 0.3 is 0 Å². The summed E-state index contributed by atoms with van der Waals surface area (Å²) >= 11 is 0. The smallest absolute Gasteiger partial charge is 0.223 e. The van der Waals surface area contributed by atoms with Crippen molar-refractivity contribution < 1.29 is 0 Å². The fraction of sp³-hybridized carbons (Fsp3) is 0.412. The molecule has 0 fully saturated rings. The molecule has 0 aliphatic heterocycles. The Labute approximate surface area is 127 Å². The summed E-state index contributed by atoms with van der Waals surface area (Å²) in [4.78, 5) is 8.73. The Morgan fingerprint density at radius 3 is 2.33 bits per heavy atom. The number of nitrogens with one attached hydrogen (secondary N) is 2. The van der Waals surface area contributed by atoms with Crippen LogP contribution < -0.4 is 10.6 Å². The summed E-state index contributed by atoms with van der Waals surface area (Å²) < 4.78 is 0. The number of nitrogens with zero attached hydrogens (tertiary/aromatic N) is 2. The molecule has 1 aromatic heterocycles. The van der Waals surface area contributed by atoms with E-state index in [0.717, 1.165) is 31.0 Å². The lowest BCUT2D eigenvalue weighted by Crippen LogP contribution is -2.26. The van der Waals surface area contributed by atoms with E-state index in [-0.39, 0.29) is 0 Å². The van der Waals surface area contributed by atoms with Gasteiger partial charge in [0, 0.05) is 31.0 Å². The number of rotatable bonds is 7. The molecule has 0 spiro atoms. The van der Waals surface area contributed by atoms with Crippen molar-refractivity contribution in [3.8, 4) is 0 Å². The maximum Gasteiger partial charge on any atom is 0.223 e. The first-order chi connectivity index (χ1) is 10.1. The Bertz CT molecular complexity index is 534. The zero-order valence-corrected chi connectivity index (χ0v) is 13.1. The molecule has 0 saturated carbocycles. The zero-order valence-electron chi connectivity index (χ0n) is 13.1. The lowest BCUT2D eigenvalue weighted by molar-refractivity contribution is 0.625. The van der Waals surface area contributed by atoms with Gasteiger partial charge in [0.05, 0.1) is 0 Å². The second-order valence-corrected chi connectivity index (χ2v) is 5.42. The van der Waals surface area contributed by atoms with Crippen LogP contribution in [0.5, 0.6) is 0 Å². The summed E-state index contributed by atoms with van der Waals surface area (Å²) in [6.45, 7) is 8.90. The number of hydrogen-bond acceptors (Lipinski definition) is 4. The van der Waals surface area contributed by atoms with Crippen LogP contribution in [0.25, 0.3) is 0 Å². The highest BCUT2D eigenvalue weighted by molar-refractivity contribution is 5.27. The lowest BCUT2D eigenvalue weighted by atomic mass is 10.0. The van der Waals surface area contributed by atoms with E-state index in [0.29, 0.717) is 11.9 Å². The third kappa shape index (κ3) is 5.16. The van der Waals surface area contributed by atoms with Crippen molar-refractivity contribution in [3.63, 3.8) is 0 Å². The molecule has 0 radical (unpaired) electrons. The molecule has 0 unspecified atom stereocenters. The van der Waals surface area contributed by atoms with E-state index in [4.69, 9.17) is 0 Å². The van der Waals surface area contributed by atoms with Crippen molar-refractivity contribution in [1.82, 2.24) is 15.3 Å². The zero-order chi connectivity index (χ0) is 15.1. The number of hydrogen-bond donors (Lipinski definition) is 2. The van der Waals surface area contributed by atoms with Gasteiger partial charge in [-0.05, 0) is 31.4 Å². The third-order valence-electron chi connectivity index (χ3n) is 3.39. The maximum atomic E-state index is 4.36. The van der Waals surface area contributed by atoms with Gasteiger partial charge in [-0.25, -0.2) is 9.97 Å². The highest BCUT2D eigenvalue weighted by Crippen LogP contribution is 2.12. The van der Waals surface area contributed by atoms with E-state index in [1.807, 2.05) is 19.9 Å². The largest absolute Gasteiger partial charge is 0.353 e. The molecular formula is C17H24N4. The van der Waals surface area contributed by atoms with Crippen LogP contribution in [-0.2, 0) is 0 Å². The molecule has 0 aliphatic rings. The van der Waals surface area contributed by atoms with E-state index >= 15 is 0 Å². The first-order valence-electron chi connectivity index (χ1n) is 7.47. The van der Waals surface area contributed by atoms with Crippen molar-refractivity contribution in [2.45, 2.75) is 26.7 Å². The van der Waals surface area contributed by atoms with E-state index in [1.54, 1.807) is 0 Å². The molecule has 4 heteroatoms. The van der Waals surface area contributed by atoms with Gasteiger partial charge in [0.2, 0.25) is 5.95 Å². The second-order valence-electron chi connectivity index (χ2n) is 5.42. The molecule has 4 nitrogen and oxygen atoms in total. The van der Waals surface area contributed by atoms with Gasteiger partial charge in [-0.1, -0.05) is 37.3 Å². The summed E-state index contributed by atoms with van der Waals surface area (Å²) in [5, 5.41) is 6.72. The Hall–Kier alpha value is -1.94. The molecule has 0 saturated heterocycles. The quantitative estimate of drug-likeness (QED) is 0.768. The minimum absolute atomic E-state index is 0.517. The fourth-order valence-electron chi connectivity index (χ4n) is 2.29. The van der Waals surface area contributed by atoms with Gasteiger partial charge < -0.3 is 10.6 Å². The molecular weight excluding hydrogens is 260 g/mol. The van der Waals surface area contributed by atoms with Crippen LogP contribution >= 0.6 is 0 Å². The Morgan fingerprint density at radius 1 is 1.00 bits per heavy atom. The molecule has 1 aromatic carbocycles. The second kappa shape index (κ2) is 7.74. The van der Waals surface area contributed by atoms with E-state index in [2.05, 4.69) is 57.9 Å². The Kier molecular flexibility index (Phi) is 5.69. The van der Waals surface area contributed by atoms with Crippen molar-refractivity contribution >= 4 is 5.95 Å². The number of aryl methyl sites for hydroxylation is 2. The SMILES string of the molecule is Cc1cc(C)nc(NCCNC[C@@H](C)c2ccccc2)n1.